The van der Waals surface area contributed by atoms with Gasteiger partial charge in [0.05, 0.1) is 6.04 Å². The molecule has 1 aliphatic rings. The molecule has 0 radical (unpaired) electrons. The van der Waals surface area contributed by atoms with Crippen molar-refractivity contribution in [1.82, 2.24) is 15.0 Å². The molecule has 2 aromatic rings. The van der Waals surface area contributed by atoms with Gasteiger partial charge in [0.1, 0.15) is 22.5 Å². The quantitative estimate of drug-likeness (QED) is 0.883. The number of nitrogens with zero attached hydrogens (tertiary/aromatic N) is 3. The normalized spacial score (nSPS) is 16.1. The standard InChI is InChI=1S/C14H19N5S/c1-3-10(14-16-6-7-20-14)17-12-8(2)11(15)18-13(19-12)9-4-5-9/h6-7,9-10H,3-5H2,1-2H3,(H3,15,17,18,19). The maximum atomic E-state index is 6.02. The second-order valence-corrected chi connectivity index (χ2v) is 6.12. The number of nitrogens with two attached hydrogens (primary N) is 1. The molecule has 1 fully saturated rings. The van der Waals surface area contributed by atoms with E-state index in [1.54, 1.807) is 11.3 Å². The summed E-state index contributed by atoms with van der Waals surface area (Å²) >= 11 is 1.66. The largest absolute Gasteiger partial charge is 0.383 e. The van der Waals surface area contributed by atoms with Crippen LogP contribution >= 0.6 is 11.3 Å². The number of aromatic nitrogens is 3. The van der Waals surface area contributed by atoms with E-state index in [1.807, 2.05) is 18.5 Å². The molecule has 6 heteroatoms. The van der Waals surface area contributed by atoms with Gasteiger partial charge >= 0.3 is 0 Å². The van der Waals surface area contributed by atoms with Crippen LogP contribution in [0.4, 0.5) is 11.6 Å². The molecule has 20 heavy (non-hydrogen) atoms. The zero-order chi connectivity index (χ0) is 14.1. The van der Waals surface area contributed by atoms with Gasteiger partial charge in [-0.05, 0) is 26.2 Å². The molecule has 2 aromatic heterocycles. The van der Waals surface area contributed by atoms with Crippen molar-refractivity contribution in [3.05, 3.63) is 28.0 Å². The minimum Gasteiger partial charge on any atom is -0.383 e. The van der Waals surface area contributed by atoms with Gasteiger partial charge in [-0.15, -0.1) is 11.3 Å². The molecule has 0 spiro atoms. The molecule has 1 unspecified atom stereocenters. The lowest BCUT2D eigenvalue weighted by Crippen LogP contribution is -2.14. The van der Waals surface area contributed by atoms with Crippen LogP contribution in [0, 0.1) is 6.92 Å². The Kier molecular flexibility index (Phi) is 3.56. The average molecular weight is 289 g/mol. The zero-order valence-electron chi connectivity index (χ0n) is 11.8. The molecule has 0 aromatic carbocycles. The second-order valence-electron chi connectivity index (χ2n) is 5.19. The fourth-order valence-corrected chi connectivity index (χ4v) is 2.90. The van der Waals surface area contributed by atoms with Crippen molar-refractivity contribution in [1.29, 1.82) is 0 Å². The fraction of sp³-hybridized carbons (Fsp3) is 0.500. The maximum absolute atomic E-state index is 6.02. The molecular weight excluding hydrogens is 270 g/mol. The molecule has 5 nitrogen and oxygen atoms in total. The summed E-state index contributed by atoms with van der Waals surface area (Å²) in [5.41, 5.74) is 6.94. The zero-order valence-corrected chi connectivity index (χ0v) is 12.6. The summed E-state index contributed by atoms with van der Waals surface area (Å²) in [4.78, 5) is 13.5. The highest BCUT2D eigenvalue weighted by Crippen LogP contribution is 2.39. The number of thiazole rings is 1. The van der Waals surface area contributed by atoms with Crippen molar-refractivity contribution in [2.75, 3.05) is 11.1 Å². The monoisotopic (exact) mass is 289 g/mol. The van der Waals surface area contributed by atoms with E-state index < -0.39 is 0 Å². The second kappa shape index (κ2) is 5.36. The van der Waals surface area contributed by atoms with Gasteiger partial charge in [0.2, 0.25) is 0 Å². The Balaban J connectivity index is 1.89. The summed E-state index contributed by atoms with van der Waals surface area (Å²) in [5.74, 6) is 2.81. The first kappa shape index (κ1) is 13.3. The van der Waals surface area contributed by atoms with Gasteiger partial charge in [0.25, 0.3) is 0 Å². The van der Waals surface area contributed by atoms with E-state index in [-0.39, 0.29) is 6.04 Å². The van der Waals surface area contributed by atoms with Crippen LogP contribution in [0.5, 0.6) is 0 Å². The van der Waals surface area contributed by atoms with E-state index in [0.717, 1.165) is 28.6 Å². The minimum absolute atomic E-state index is 0.176. The Morgan fingerprint density at radius 2 is 2.25 bits per heavy atom. The van der Waals surface area contributed by atoms with Crippen LogP contribution in [0.25, 0.3) is 0 Å². The molecule has 0 aliphatic heterocycles. The first-order valence-corrected chi connectivity index (χ1v) is 7.87. The molecule has 2 heterocycles. The fourth-order valence-electron chi connectivity index (χ4n) is 2.13. The lowest BCUT2D eigenvalue weighted by atomic mass is 10.2. The Morgan fingerprint density at radius 1 is 1.45 bits per heavy atom. The van der Waals surface area contributed by atoms with Crippen LogP contribution in [-0.4, -0.2) is 15.0 Å². The van der Waals surface area contributed by atoms with Gasteiger partial charge in [0.15, 0.2) is 0 Å². The highest BCUT2D eigenvalue weighted by Gasteiger charge is 2.28. The van der Waals surface area contributed by atoms with Crippen LogP contribution in [0.15, 0.2) is 11.6 Å². The summed E-state index contributed by atoms with van der Waals surface area (Å²) in [5, 5.41) is 6.56. The highest BCUT2D eigenvalue weighted by atomic mass is 32.1. The van der Waals surface area contributed by atoms with E-state index in [1.165, 1.54) is 12.8 Å². The predicted molar refractivity (Wildman–Crippen MR) is 81.9 cm³/mol. The summed E-state index contributed by atoms with van der Waals surface area (Å²) in [6.45, 7) is 4.10. The third kappa shape index (κ3) is 2.60. The van der Waals surface area contributed by atoms with Crippen molar-refractivity contribution < 1.29 is 0 Å². The summed E-state index contributed by atoms with van der Waals surface area (Å²) < 4.78 is 0. The number of nitrogen functional groups attached to an aromatic ring is 1. The molecule has 0 saturated heterocycles. The van der Waals surface area contributed by atoms with Crippen molar-refractivity contribution in [3.8, 4) is 0 Å². The van der Waals surface area contributed by atoms with E-state index in [4.69, 9.17) is 5.73 Å². The van der Waals surface area contributed by atoms with Crippen LogP contribution < -0.4 is 11.1 Å². The molecule has 3 rings (SSSR count). The molecule has 0 bridgehead atoms. The van der Waals surface area contributed by atoms with Crippen LogP contribution in [0.2, 0.25) is 0 Å². The number of hydrogen-bond donors (Lipinski definition) is 2. The number of hydrogen-bond acceptors (Lipinski definition) is 6. The summed E-state index contributed by atoms with van der Waals surface area (Å²) in [7, 11) is 0. The van der Waals surface area contributed by atoms with Gasteiger partial charge in [-0.2, -0.15) is 0 Å². The third-order valence-electron chi connectivity index (χ3n) is 3.61. The molecule has 0 amide bonds. The predicted octanol–water partition coefficient (Wildman–Crippen LogP) is 3.26. The molecule has 106 valence electrons. The van der Waals surface area contributed by atoms with Gasteiger partial charge < -0.3 is 11.1 Å². The SMILES string of the molecule is CCC(Nc1nc(C2CC2)nc(N)c1C)c1nccs1. The van der Waals surface area contributed by atoms with Crippen LogP contribution in [-0.2, 0) is 0 Å². The maximum Gasteiger partial charge on any atom is 0.136 e. The van der Waals surface area contributed by atoms with Gasteiger partial charge in [-0.1, -0.05) is 6.92 Å². The topological polar surface area (TPSA) is 76.7 Å². The number of nitrogens with one attached hydrogen (secondary N) is 1. The molecule has 1 aliphatic carbocycles. The average Bonchev–Trinajstić information content (AvgIpc) is 3.16. The Bertz CT molecular complexity index is 592. The van der Waals surface area contributed by atoms with E-state index >= 15 is 0 Å². The van der Waals surface area contributed by atoms with Gasteiger partial charge in [0, 0.05) is 23.1 Å². The lowest BCUT2D eigenvalue weighted by Gasteiger charge is -2.18. The minimum atomic E-state index is 0.176. The van der Waals surface area contributed by atoms with E-state index in [0.29, 0.717) is 11.7 Å². The molecule has 1 saturated carbocycles. The van der Waals surface area contributed by atoms with E-state index in [2.05, 4.69) is 27.2 Å². The number of rotatable bonds is 5. The van der Waals surface area contributed by atoms with Gasteiger partial charge in [-0.3, -0.25) is 0 Å². The third-order valence-corrected chi connectivity index (χ3v) is 4.50. The Labute approximate surface area is 122 Å². The lowest BCUT2D eigenvalue weighted by molar-refractivity contribution is 0.733. The number of anilines is 2. The van der Waals surface area contributed by atoms with Gasteiger partial charge in [-0.25, -0.2) is 15.0 Å². The molecule has 3 N–H and O–H groups in total. The van der Waals surface area contributed by atoms with Crippen LogP contribution in [0.3, 0.4) is 0 Å². The molecule has 1 atom stereocenters. The van der Waals surface area contributed by atoms with Crippen molar-refractivity contribution in [2.24, 2.45) is 0 Å². The van der Waals surface area contributed by atoms with Crippen molar-refractivity contribution in [2.45, 2.75) is 45.1 Å². The first-order valence-electron chi connectivity index (χ1n) is 6.99. The highest BCUT2D eigenvalue weighted by molar-refractivity contribution is 7.09. The Hall–Kier alpha value is -1.69. The Morgan fingerprint density at radius 3 is 2.85 bits per heavy atom. The first-order chi connectivity index (χ1) is 9.69. The smallest absolute Gasteiger partial charge is 0.136 e. The van der Waals surface area contributed by atoms with Crippen molar-refractivity contribution in [3.63, 3.8) is 0 Å². The molecular formula is C14H19N5S. The van der Waals surface area contributed by atoms with Crippen LogP contribution in [0.1, 0.15) is 54.5 Å². The van der Waals surface area contributed by atoms with Crippen molar-refractivity contribution >= 4 is 23.0 Å². The summed E-state index contributed by atoms with van der Waals surface area (Å²) in [6, 6.07) is 0.176. The van der Waals surface area contributed by atoms with E-state index in [9.17, 15) is 0 Å². The summed E-state index contributed by atoms with van der Waals surface area (Å²) in [6.07, 6.45) is 5.13.